The molecule has 1 fully saturated rings. The zero-order valence-corrected chi connectivity index (χ0v) is 13.4. The molecule has 0 spiro atoms. The van der Waals surface area contributed by atoms with E-state index in [1.54, 1.807) is 0 Å². The van der Waals surface area contributed by atoms with Crippen LogP contribution >= 0.6 is 23.4 Å². The van der Waals surface area contributed by atoms with E-state index in [0.29, 0.717) is 29.7 Å². The normalized spacial score (nSPS) is 21.9. The first-order valence-electron chi connectivity index (χ1n) is 6.73. The molecule has 0 aromatic heterocycles. The quantitative estimate of drug-likeness (QED) is 0.799. The third kappa shape index (κ3) is 4.37. The summed E-state index contributed by atoms with van der Waals surface area (Å²) >= 11 is 7.35. The molecule has 0 N–H and O–H groups in total. The number of carbonyl (C=O) groups is 1. The highest BCUT2D eigenvalue weighted by Gasteiger charge is 2.30. The van der Waals surface area contributed by atoms with Gasteiger partial charge in [0.25, 0.3) is 0 Å². The van der Waals surface area contributed by atoms with Crippen LogP contribution in [0.15, 0.2) is 24.3 Å². The van der Waals surface area contributed by atoms with Gasteiger partial charge in [0, 0.05) is 5.02 Å². The molecule has 1 amide bonds. The minimum absolute atomic E-state index is 0.0515. The van der Waals surface area contributed by atoms with Crippen molar-refractivity contribution in [1.82, 2.24) is 4.90 Å². The molecule has 0 unspecified atom stereocenters. The first-order chi connectivity index (χ1) is 10.1. The smallest absolute Gasteiger partial charge is 0.233 e. The number of carbonyl (C=O) groups excluding carboxylic acids is 1. The molecule has 6 heteroatoms. The Morgan fingerprint density at radius 2 is 2.43 bits per heavy atom. The third-order valence-corrected chi connectivity index (χ3v) is 4.39. The highest BCUT2D eigenvalue weighted by Crippen LogP contribution is 2.27. The number of benzene rings is 1. The maximum Gasteiger partial charge on any atom is 0.233 e. The molecule has 1 aromatic rings. The van der Waals surface area contributed by atoms with Crippen LogP contribution in [0, 0.1) is 11.3 Å². The van der Waals surface area contributed by atoms with Crippen LogP contribution in [0.5, 0.6) is 0 Å². The second-order valence-electron chi connectivity index (χ2n) is 4.92. The summed E-state index contributed by atoms with van der Waals surface area (Å²) in [6, 6.07) is 9.61. The molecule has 0 bridgehead atoms. The van der Waals surface area contributed by atoms with Gasteiger partial charge in [0.05, 0.1) is 36.8 Å². The molecule has 112 valence electrons. The van der Waals surface area contributed by atoms with E-state index in [1.807, 2.05) is 42.2 Å². The first kappa shape index (κ1) is 16.2. The van der Waals surface area contributed by atoms with Gasteiger partial charge < -0.3 is 9.64 Å². The number of hydrogen-bond donors (Lipinski definition) is 0. The minimum Gasteiger partial charge on any atom is -0.370 e. The maximum atomic E-state index is 12.2. The van der Waals surface area contributed by atoms with E-state index in [4.69, 9.17) is 21.6 Å². The van der Waals surface area contributed by atoms with E-state index < -0.39 is 0 Å². The monoisotopic (exact) mass is 324 g/mol. The standard InChI is InChI=1S/C15H17ClN2O2S/c1-11-9-20-14(12-3-2-4-13(16)7-12)8-18(11)15(19)10-21-6-5-17/h2-4,7,11,14H,6,8-10H2,1H3/t11-,14+/m0/s1. The molecule has 1 heterocycles. The van der Waals surface area contributed by atoms with Crippen LogP contribution in [0.4, 0.5) is 0 Å². The zero-order chi connectivity index (χ0) is 15.2. The molecular weight excluding hydrogens is 308 g/mol. The van der Waals surface area contributed by atoms with Crippen LogP contribution in [-0.4, -0.2) is 41.5 Å². The highest BCUT2D eigenvalue weighted by atomic mass is 35.5. The van der Waals surface area contributed by atoms with Crippen molar-refractivity contribution in [3.63, 3.8) is 0 Å². The number of morpholine rings is 1. The Bertz CT molecular complexity index is 547. The first-order valence-corrected chi connectivity index (χ1v) is 8.26. The van der Waals surface area contributed by atoms with Gasteiger partial charge in [-0.2, -0.15) is 5.26 Å². The Hall–Kier alpha value is -1.22. The van der Waals surface area contributed by atoms with E-state index in [0.717, 1.165) is 5.56 Å². The molecule has 1 aromatic carbocycles. The fourth-order valence-corrected chi connectivity index (χ4v) is 3.01. The van der Waals surface area contributed by atoms with Crippen molar-refractivity contribution >= 4 is 29.3 Å². The van der Waals surface area contributed by atoms with Gasteiger partial charge in [-0.05, 0) is 24.6 Å². The number of nitrogens with zero attached hydrogens (tertiary/aromatic N) is 2. The van der Waals surface area contributed by atoms with Crippen molar-refractivity contribution in [3.8, 4) is 6.07 Å². The fraction of sp³-hybridized carbons (Fsp3) is 0.467. The Morgan fingerprint density at radius 3 is 3.14 bits per heavy atom. The fourth-order valence-electron chi connectivity index (χ4n) is 2.28. The number of ether oxygens (including phenoxy) is 1. The highest BCUT2D eigenvalue weighted by molar-refractivity contribution is 8.00. The molecule has 0 radical (unpaired) electrons. The number of thioether (sulfide) groups is 1. The molecule has 1 aliphatic rings. The molecule has 1 saturated heterocycles. The average molecular weight is 325 g/mol. The summed E-state index contributed by atoms with van der Waals surface area (Å²) in [5.74, 6) is 0.723. The van der Waals surface area contributed by atoms with Crippen molar-refractivity contribution in [3.05, 3.63) is 34.9 Å². The Morgan fingerprint density at radius 1 is 1.62 bits per heavy atom. The van der Waals surface area contributed by atoms with Crippen LogP contribution in [0.2, 0.25) is 5.02 Å². The lowest BCUT2D eigenvalue weighted by Gasteiger charge is -2.38. The van der Waals surface area contributed by atoms with Crippen molar-refractivity contribution in [1.29, 1.82) is 5.26 Å². The number of amides is 1. The van der Waals surface area contributed by atoms with Gasteiger partial charge in [-0.3, -0.25) is 4.79 Å². The van der Waals surface area contributed by atoms with Gasteiger partial charge in [0.1, 0.15) is 6.10 Å². The number of hydrogen-bond acceptors (Lipinski definition) is 4. The molecule has 2 atom stereocenters. The maximum absolute atomic E-state index is 12.2. The summed E-state index contributed by atoms with van der Waals surface area (Å²) in [6.07, 6.45) is -0.148. The molecular formula is C15H17ClN2O2S. The predicted molar refractivity (Wildman–Crippen MR) is 84.3 cm³/mol. The second kappa shape index (κ2) is 7.69. The van der Waals surface area contributed by atoms with Crippen molar-refractivity contribution in [2.45, 2.75) is 19.1 Å². The molecule has 0 saturated carbocycles. The lowest BCUT2D eigenvalue weighted by Crippen LogP contribution is -2.49. The van der Waals surface area contributed by atoms with Gasteiger partial charge in [0.2, 0.25) is 5.91 Å². The van der Waals surface area contributed by atoms with Crippen LogP contribution in [0.3, 0.4) is 0 Å². The van der Waals surface area contributed by atoms with Gasteiger partial charge in [-0.1, -0.05) is 23.7 Å². The second-order valence-corrected chi connectivity index (χ2v) is 6.35. The van der Waals surface area contributed by atoms with Crippen molar-refractivity contribution in [2.75, 3.05) is 24.7 Å². The molecule has 4 nitrogen and oxygen atoms in total. The summed E-state index contributed by atoms with van der Waals surface area (Å²) in [4.78, 5) is 14.1. The average Bonchev–Trinajstić information content (AvgIpc) is 2.48. The topological polar surface area (TPSA) is 53.3 Å². The van der Waals surface area contributed by atoms with Crippen LogP contribution < -0.4 is 0 Å². The molecule has 1 aliphatic heterocycles. The van der Waals surface area contributed by atoms with E-state index >= 15 is 0 Å². The summed E-state index contributed by atoms with van der Waals surface area (Å²) < 4.78 is 5.83. The van der Waals surface area contributed by atoms with Crippen LogP contribution in [-0.2, 0) is 9.53 Å². The summed E-state index contributed by atoms with van der Waals surface area (Å²) in [5, 5.41) is 9.19. The van der Waals surface area contributed by atoms with E-state index in [-0.39, 0.29) is 18.1 Å². The lowest BCUT2D eigenvalue weighted by molar-refractivity contribution is -0.141. The van der Waals surface area contributed by atoms with Gasteiger partial charge in [-0.15, -0.1) is 11.8 Å². The third-order valence-electron chi connectivity index (χ3n) is 3.37. The van der Waals surface area contributed by atoms with Gasteiger partial charge in [-0.25, -0.2) is 0 Å². The Labute approximate surface area is 134 Å². The van der Waals surface area contributed by atoms with Crippen LogP contribution in [0.1, 0.15) is 18.6 Å². The van der Waals surface area contributed by atoms with E-state index in [1.165, 1.54) is 11.8 Å². The minimum atomic E-state index is -0.148. The SMILES string of the molecule is C[C@H]1CO[C@@H](c2cccc(Cl)c2)CN1C(=O)CSCC#N. The Kier molecular flexibility index (Phi) is 5.92. The summed E-state index contributed by atoms with van der Waals surface area (Å²) in [6.45, 7) is 3.00. The number of rotatable bonds is 4. The van der Waals surface area contributed by atoms with Crippen molar-refractivity contribution < 1.29 is 9.53 Å². The van der Waals surface area contributed by atoms with E-state index in [2.05, 4.69) is 0 Å². The predicted octanol–water partition coefficient (Wildman–Crippen LogP) is 2.89. The zero-order valence-electron chi connectivity index (χ0n) is 11.8. The number of halogens is 1. The molecule has 0 aliphatic carbocycles. The number of nitriles is 1. The van der Waals surface area contributed by atoms with Gasteiger partial charge in [0.15, 0.2) is 0 Å². The lowest BCUT2D eigenvalue weighted by atomic mass is 10.1. The molecule has 2 rings (SSSR count). The Balaban J connectivity index is 2.02. The van der Waals surface area contributed by atoms with E-state index in [9.17, 15) is 4.79 Å². The largest absolute Gasteiger partial charge is 0.370 e. The summed E-state index contributed by atoms with van der Waals surface area (Å²) in [7, 11) is 0. The summed E-state index contributed by atoms with van der Waals surface area (Å²) in [5.41, 5.74) is 0.983. The van der Waals surface area contributed by atoms with Crippen molar-refractivity contribution in [2.24, 2.45) is 0 Å². The van der Waals surface area contributed by atoms with Crippen LogP contribution in [0.25, 0.3) is 0 Å². The van der Waals surface area contributed by atoms with Gasteiger partial charge >= 0.3 is 0 Å². The molecule has 21 heavy (non-hydrogen) atoms.